The smallest absolute Gasteiger partial charge is 0.155 e. The third-order valence-corrected chi connectivity index (χ3v) is 13.6. The predicted molar refractivity (Wildman–Crippen MR) is 138 cm³/mol. The predicted octanol–water partition coefficient (Wildman–Crippen LogP) is 6.63. The number of fused-ring (bicyclic) bond motifs is 5. The number of aldehydes is 1. The summed E-state index contributed by atoms with van der Waals surface area (Å²) in [6, 6.07) is 11.8. The summed E-state index contributed by atoms with van der Waals surface area (Å²) in [6.45, 7) is 9.78. The Morgan fingerprint density at radius 2 is 1.70 bits per heavy atom. The highest BCUT2D eigenvalue weighted by Crippen LogP contribution is 2.67. The molecule has 0 unspecified atom stereocenters. The molecule has 3 heteroatoms. The van der Waals surface area contributed by atoms with Crippen LogP contribution in [-0.2, 0) is 9.59 Å². The van der Waals surface area contributed by atoms with Crippen molar-refractivity contribution in [3.05, 3.63) is 53.1 Å². The first kappa shape index (κ1) is 23.0. The van der Waals surface area contributed by atoms with Crippen LogP contribution in [0.4, 0.5) is 0 Å². The van der Waals surface area contributed by atoms with Crippen LogP contribution in [0.3, 0.4) is 0 Å². The van der Waals surface area contributed by atoms with Crippen molar-refractivity contribution in [1.29, 1.82) is 0 Å². The Morgan fingerprint density at radius 1 is 0.970 bits per heavy atom. The molecule has 0 N–H and O–H groups in total. The van der Waals surface area contributed by atoms with E-state index >= 15 is 0 Å². The second-order valence-electron chi connectivity index (χ2n) is 12.5. The Morgan fingerprint density at radius 3 is 2.42 bits per heavy atom. The van der Waals surface area contributed by atoms with E-state index < -0.39 is 8.07 Å². The number of hydrogen-bond donors (Lipinski definition) is 0. The fourth-order valence-corrected chi connectivity index (χ4v) is 11.1. The number of ketones is 1. The van der Waals surface area contributed by atoms with E-state index in [1.807, 2.05) is 6.08 Å². The molecule has 0 saturated heterocycles. The largest absolute Gasteiger partial charge is 0.298 e. The first-order valence-corrected chi connectivity index (χ1v) is 16.4. The van der Waals surface area contributed by atoms with Crippen LogP contribution >= 0.6 is 0 Å². The minimum Gasteiger partial charge on any atom is -0.298 e. The molecular formula is C30H40O2Si. The summed E-state index contributed by atoms with van der Waals surface area (Å²) < 4.78 is 0. The van der Waals surface area contributed by atoms with Crippen molar-refractivity contribution in [2.24, 2.45) is 28.6 Å². The Kier molecular flexibility index (Phi) is 5.71. The minimum absolute atomic E-state index is 0.181. The number of benzene rings is 1. The molecule has 33 heavy (non-hydrogen) atoms. The molecule has 0 heterocycles. The first-order valence-electron chi connectivity index (χ1n) is 13.2. The normalized spacial score (nSPS) is 37.5. The molecule has 0 radical (unpaired) electrons. The van der Waals surface area contributed by atoms with Crippen molar-refractivity contribution in [2.75, 3.05) is 0 Å². The fraction of sp³-hybridized carbons (Fsp3) is 0.600. The van der Waals surface area contributed by atoms with Crippen molar-refractivity contribution in [3.63, 3.8) is 0 Å². The minimum atomic E-state index is -1.73. The monoisotopic (exact) mass is 460 g/mol. The lowest BCUT2D eigenvalue weighted by Crippen LogP contribution is -2.49. The second kappa shape index (κ2) is 8.18. The maximum absolute atomic E-state index is 12.5. The molecule has 1 aromatic rings. The van der Waals surface area contributed by atoms with Crippen molar-refractivity contribution >= 4 is 25.3 Å². The summed E-state index contributed by atoms with van der Waals surface area (Å²) in [7, 11) is -1.73. The average molecular weight is 461 g/mol. The Hall–Kier alpha value is -1.74. The molecule has 4 aliphatic carbocycles. The maximum Gasteiger partial charge on any atom is 0.155 e. The zero-order valence-electron chi connectivity index (χ0n) is 21.0. The molecule has 0 spiro atoms. The van der Waals surface area contributed by atoms with Crippen LogP contribution in [-0.4, -0.2) is 20.1 Å². The van der Waals surface area contributed by atoms with E-state index in [-0.39, 0.29) is 10.8 Å². The lowest BCUT2D eigenvalue weighted by atomic mass is 9.47. The van der Waals surface area contributed by atoms with E-state index in [9.17, 15) is 9.59 Å². The Bertz CT molecular complexity index is 1020. The molecule has 0 bridgehead atoms. The Labute approximate surface area is 200 Å². The molecule has 0 amide bonds. The van der Waals surface area contributed by atoms with E-state index in [0.29, 0.717) is 17.6 Å². The quantitative estimate of drug-likeness (QED) is 0.287. The van der Waals surface area contributed by atoms with Gasteiger partial charge in [-0.05, 0) is 91.2 Å². The molecule has 1 aromatic carbocycles. The van der Waals surface area contributed by atoms with Gasteiger partial charge in [-0.2, -0.15) is 0 Å². The van der Waals surface area contributed by atoms with Crippen molar-refractivity contribution < 1.29 is 9.59 Å². The third-order valence-electron chi connectivity index (χ3n) is 10.5. The molecule has 0 aliphatic heterocycles. The molecule has 0 aromatic heterocycles. The summed E-state index contributed by atoms with van der Waals surface area (Å²) in [5, 5.41) is 1.44. The summed E-state index contributed by atoms with van der Waals surface area (Å²) in [5.41, 5.74) is 4.48. The lowest BCUT2D eigenvalue weighted by molar-refractivity contribution is -0.117. The zero-order valence-corrected chi connectivity index (χ0v) is 22.0. The van der Waals surface area contributed by atoms with Crippen LogP contribution < -0.4 is 5.19 Å². The van der Waals surface area contributed by atoms with Crippen LogP contribution in [0.2, 0.25) is 19.1 Å². The van der Waals surface area contributed by atoms with Gasteiger partial charge in [0.2, 0.25) is 0 Å². The van der Waals surface area contributed by atoms with Gasteiger partial charge in [0.05, 0.1) is 8.07 Å². The van der Waals surface area contributed by atoms with Gasteiger partial charge in [-0.25, -0.2) is 0 Å². The maximum atomic E-state index is 12.5. The molecule has 2 nitrogen and oxygen atoms in total. The van der Waals surface area contributed by atoms with Gasteiger partial charge >= 0.3 is 0 Å². The topological polar surface area (TPSA) is 34.1 Å². The highest BCUT2D eigenvalue weighted by atomic mass is 28.3. The van der Waals surface area contributed by atoms with Gasteiger partial charge in [-0.1, -0.05) is 73.6 Å². The van der Waals surface area contributed by atoms with Crippen LogP contribution in [0.5, 0.6) is 0 Å². The SMILES string of the molecule is C[C@]12CCC(=O)C=C1CC[C@@H]1[C@@H]2CC[C@]2(C)/C(=C(\C=O)C[Si](C)(C)c3ccccc3)CC[C@@H]12. The van der Waals surface area contributed by atoms with Gasteiger partial charge in [0.25, 0.3) is 0 Å². The van der Waals surface area contributed by atoms with Crippen LogP contribution in [0.25, 0.3) is 0 Å². The van der Waals surface area contributed by atoms with E-state index in [1.54, 1.807) is 0 Å². The molecule has 5 rings (SSSR count). The third kappa shape index (κ3) is 3.66. The highest BCUT2D eigenvalue weighted by Gasteiger charge is 2.58. The Balaban J connectivity index is 1.45. The summed E-state index contributed by atoms with van der Waals surface area (Å²) in [5.74, 6) is 2.48. The summed E-state index contributed by atoms with van der Waals surface area (Å²) >= 11 is 0. The fourth-order valence-electron chi connectivity index (χ4n) is 8.59. The lowest BCUT2D eigenvalue weighted by Gasteiger charge is -2.57. The van der Waals surface area contributed by atoms with E-state index in [0.717, 1.165) is 43.2 Å². The van der Waals surface area contributed by atoms with E-state index in [2.05, 4.69) is 57.3 Å². The number of carbonyl (C=O) groups excluding carboxylic acids is 2. The number of allylic oxidation sites excluding steroid dienone is 3. The molecule has 3 fully saturated rings. The highest BCUT2D eigenvalue weighted by molar-refractivity contribution is 6.90. The van der Waals surface area contributed by atoms with Gasteiger partial charge < -0.3 is 0 Å². The van der Waals surface area contributed by atoms with Gasteiger partial charge in [0, 0.05) is 6.42 Å². The molecular weight excluding hydrogens is 420 g/mol. The van der Waals surface area contributed by atoms with E-state index in [4.69, 9.17) is 0 Å². The van der Waals surface area contributed by atoms with Crippen molar-refractivity contribution in [1.82, 2.24) is 0 Å². The summed E-state index contributed by atoms with van der Waals surface area (Å²) in [6.07, 6.45) is 12.1. The van der Waals surface area contributed by atoms with Crippen molar-refractivity contribution in [3.8, 4) is 0 Å². The zero-order chi connectivity index (χ0) is 23.4. The standard InChI is InChI=1S/C30H40O2Si/c1-29-16-14-23(32)18-22(29)10-11-25-27-13-12-26(30(27,2)17-15-28(25)29)21(19-31)20-33(3,4)24-8-6-5-7-9-24/h5-9,18-19,25,27-28H,10-17,20H2,1-4H3/b26-21+/t25-,27-,28-,29-,30+/m0/s1. The number of rotatable bonds is 4. The molecule has 176 valence electrons. The molecule has 4 aliphatic rings. The second-order valence-corrected chi connectivity index (χ2v) is 17.2. The average Bonchev–Trinajstić information content (AvgIpc) is 3.16. The van der Waals surface area contributed by atoms with Crippen LogP contribution in [0.15, 0.2) is 53.1 Å². The number of carbonyl (C=O) groups is 2. The van der Waals surface area contributed by atoms with Gasteiger partial charge in [0.1, 0.15) is 6.29 Å². The molecule has 3 saturated carbocycles. The van der Waals surface area contributed by atoms with Gasteiger partial charge in [-0.15, -0.1) is 0 Å². The molecule has 5 atom stereocenters. The first-order chi connectivity index (χ1) is 15.7. The van der Waals surface area contributed by atoms with Crippen molar-refractivity contribution in [2.45, 2.75) is 84.4 Å². The number of hydrogen-bond acceptors (Lipinski definition) is 2. The van der Waals surface area contributed by atoms with Gasteiger partial charge in [-0.3, -0.25) is 9.59 Å². The van der Waals surface area contributed by atoms with Gasteiger partial charge in [0.15, 0.2) is 5.78 Å². The summed E-state index contributed by atoms with van der Waals surface area (Å²) in [4.78, 5) is 24.6. The van der Waals surface area contributed by atoms with E-state index in [1.165, 1.54) is 48.3 Å². The van der Waals surface area contributed by atoms with Crippen LogP contribution in [0.1, 0.15) is 65.2 Å². The van der Waals surface area contributed by atoms with Crippen LogP contribution in [0, 0.1) is 28.6 Å².